The predicted molar refractivity (Wildman–Crippen MR) is 77.1 cm³/mol. The first kappa shape index (κ1) is 12.9. The Morgan fingerprint density at radius 1 is 1.05 bits per heavy atom. The Hall–Kier alpha value is -2.13. The zero-order valence-corrected chi connectivity index (χ0v) is 11.3. The summed E-state index contributed by atoms with van der Waals surface area (Å²) in [5.41, 5.74) is 4.77. The maximum absolute atomic E-state index is 13.8. The first-order chi connectivity index (χ1) is 9.66. The molecule has 1 heterocycles. The molecule has 0 aromatic heterocycles. The minimum absolute atomic E-state index is 0.251. The van der Waals surface area contributed by atoms with E-state index in [-0.39, 0.29) is 5.82 Å². The molecule has 0 aliphatic carbocycles. The Kier molecular flexibility index (Phi) is 3.28. The van der Waals surface area contributed by atoms with Crippen LogP contribution < -0.4 is 5.48 Å². The molecule has 2 nitrogen and oxygen atoms in total. The lowest BCUT2D eigenvalue weighted by Crippen LogP contribution is -2.28. The topological polar surface area (TPSA) is 21.3 Å². The molecule has 0 saturated carbocycles. The number of hydrogen-bond donors (Lipinski definition) is 1. The van der Waals surface area contributed by atoms with Crippen LogP contribution in [-0.2, 0) is 11.3 Å². The van der Waals surface area contributed by atoms with Crippen LogP contribution in [0.2, 0.25) is 0 Å². The molecule has 1 unspecified atom stereocenters. The van der Waals surface area contributed by atoms with Crippen molar-refractivity contribution >= 4 is 5.70 Å². The second-order valence-corrected chi connectivity index (χ2v) is 5.22. The summed E-state index contributed by atoms with van der Waals surface area (Å²) in [6, 6.07) is 16.8. The third-order valence-electron chi connectivity index (χ3n) is 3.41. The highest BCUT2D eigenvalue weighted by Crippen LogP contribution is 2.29. The van der Waals surface area contributed by atoms with Crippen LogP contribution in [0.5, 0.6) is 0 Å². The lowest BCUT2D eigenvalue weighted by atomic mass is 9.95. The summed E-state index contributed by atoms with van der Waals surface area (Å²) < 4.78 is 13.8. The zero-order chi connectivity index (χ0) is 14.0. The Balaban J connectivity index is 1.85. The Morgan fingerprint density at radius 2 is 1.75 bits per heavy atom. The van der Waals surface area contributed by atoms with Crippen molar-refractivity contribution in [2.45, 2.75) is 18.9 Å². The van der Waals surface area contributed by atoms with E-state index in [1.54, 1.807) is 12.1 Å². The van der Waals surface area contributed by atoms with Gasteiger partial charge in [0.1, 0.15) is 11.4 Å². The summed E-state index contributed by atoms with van der Waals surface area (Å²) in [7, 11) is 0. The highest BCUT2D eigenvalue weighted by atomic mass is 19.1. The Bertz CT molecular complexity index is 638. The summed E-state index contributed by atoms with van der Waals surface area (Å²) in [6.45, 7) is 1.99. The van der Waals surface area contributed by atoms with Crippen molar-refractivity contribution in [3.8, 4) is 0 Å². The molecule has 1 aliphatic rings. The Morgan fingerprint density at radius 3 is 2.50 bits per heavy atom. The van der Waals surface area contributed by atoms with Gasteiger partial charge in [-0.25, -0.2) is 4.39 Å². The number of hydrogen-bond acceptors (Lipinski definition) is 2. The molecule has 0 saturated heterocycles. The summed E-state index contributed by atoms with van der Waals surface area (Å²) in [5, 5.41) is 0. The van der Waals surface area contributed by atoms with Gasteiger partial charge in [-0.2, -0.15) is 0 Å². The van der Waals surface area contributed by atoms with Crippen LogP contribution >= 0.6 is 0 Å². The normalized spacial score (nSPS) is 21.4. The summed E-state index contributed by atoms with van der Waals surface area (Å²) in [6.07, 6.45) is 2.68. The highest BCUT2D eigenvalue weighted by Gasteiger charge is 2.31. The third kappa shape index (κ3) is 2.58. The molecule has 0 bridgehead atoms. The van der Waals surface area contributed by atoms with Crippen molar-refractivity contribution in [1.29, 1.82) is 0 Å². The van der Waals surface area contributed by atoms with Gasteiger partial charge in [-0.1, -0.05) is 42.5 Å². The van der Waals surface area contributed by atoms with E-state index in [0.29, 0.717) is 11.3 Å². The fourth-order valence-electron chi connectivity index (χ4n) is 2.44. The molecule has 2 aromatic rings. The minimum atomic E-state index is -0.473. The minimum Gasteiger partial charge on any atom is -0.266 e. The van der Waals surface area contributed by atoms with E-state index in [9.17, 15) is 4.39 Å². The number of benzene rings is 2. The van der Waals surface area contributed by atoms with Gasteiger partial charge in [0.15, 0.2) is 0 Å². The zero-order valence-electron chi connectivity index (χ0n) is 11.3. The van der Waals surface area contributed by atoms with Gasteiger partial charge in [-0.3, -0.25) is 10.3 Å². The van der Waals surface area contributed by atoms with Gasteiger partial charge >= 0.3 is 0 Å². The van der Waals surface area contributed by atoms with E-state index in [1.807, 2.05) is 37.3 Å². The summed E-state index contributed by atoms with van der Waals surface area (Å²) >= 11 is 0. The standard InChI is InChI=1S/C17H16FNO/c1-17(11-13-7-3-2-4-8-13)12-16(19-20-17)14-9-5-6-10-15(14)18/h2-10,12,19H,11H2,1H3. The van der Waals surface area contributed by atoms with Crippen molar-refractivity contribution in [2.75, 3.05) is 0 Å². The van der Waals surface area contributed by atoms with Gasteiger partial charge in [0.2, 0.25) is 0 Å². The molecule has 1 atom stereocenters. The monoisotopic (exact) mass is 269 g/mol. The lowest BCUT2D eigenvalue weighted by Gasteiger charge is -2.19. The Labute approximate surface area is 117 Å². The van der Waals surface area contributed by atoms with Gasteiger partial charge < -0.3 is 0 Å². The van der Waals surface area contributed by atoms with E-state index in [4.69, 9.17) is 4.84 Å². The third-order valence-corrected chi connectivity index (χ3v) is 3.41. The molecular formula is C17H16FNO. The molecule has 0 fully saturated rings. The van der Waals surface area contributed by atoms with Crippen LogP contribution in [0.3, 0.4) is 0 Å². The number of rotatable bonds is 3. The first-order valence-electron chi connectivity index (χ1n) is 6.62. The average Bonchev–Trinajstić information content (AvgIpc) is 2.82. The maximum atomic E-state index is 13.8. The molecule has 20 heavy (non-hydrogen) atoms. The van der Waals surface area contributed by atoms with E-state index in [0.717, 1.165) is 6.42 Å². The fourth-order valence-corrected chi connectivity index (χ4v) is 2.44. The highest BCUT2D eigenvalue weighted by molar-refractivity contribution is 5.66. The average molecular weight is 269 g/mol. The van der Waals surface area contributed by atoms with Crippen molar-refractivity contribution in [1.82, 2.24) is 5.48 Å². The van der Waals surface area contributed by atoms with Crippen molar-refractivity contribution < 1.29 is 9.23 Å². The SMILES string of the molecule is CC1(Cc2ccccc2)C=C(c2ccccc2F)NO1. The quantitative estimate of drug-likeness (QED) is 0.917. The largest absolute Gasteiger partial charge is 0.266 e. The van der Waals surface area contributed by atoms with E-state index >= 15 is 0 Å². The van der Waals surface area contributed by atoms with Gasteiger partial charge in [-0.05, 0) is 30.7 Å². The first-order valence-corrected chi connectivity index (χ1v) is 6.62. The van der Waals surface area contributed by atoms with Gasteiger partial charge in [0.05, 0.1) is 5.70 Å². The molecule has 3 heteroatoms. The van der Waals surface area contributed by atoms with Gasteiger partial charge in [-0.15, -0.1) is 0 Å². The van der Waals surface area contributed by atoms with E-state index in [2.05, 4.69) is 17.6 Å². The predicted octanol–water partition coefficient (Wildman–Crippen LogP) is 3.70. The second kappa shape index (κ2) is 5.10. The molecule has 0 spiro atoms. The van der Waals surface area contributed by atoms with Gasteiger partial charge in [0, 0.05) is 12.0 Å². The molecule has 0 radical (unpaired) electrons. The van der Waals surface area contributed by atoms with Crippen LogP contribution in [0.15, 0.2) is 60.7 Å². The van der Waals surface area contributed by atoms with Crippen LogP contribution in [0, 0.1) is 5.82 Å². The lowest BCUT2D eigenvalue weighted by molar-refractivity contribution is -0.0208. The van der Waals surface area contributed by atoms with Crippen molar-refractivity contribution in [3.63, 3.8) is 0 Å². The maximum Gasteiger partial charge on any atom is 0.132 e. The number of nitrogens with one attached hydrogen (secondary N) is 1. The number of halogens is 1. The fraction of sp³-hybridized carbons (Fsp3) is 0.176. The van der Waals surface area contributed by atoms with E-state index in [1.165, 1.54) is 11.6 Å². The van der Waals surface area contributed by atoms with Crippen LogP contribution in [-0.4, -0.2) is 5.60 Å². The molecular weight excluding hydrogens is 253 g/mol. The van der Waals surface area contributed by atoms with Crippen LogP contribution in [0.1, 0.15) is 18.1 Å². The number of hydroxylamine groups is 1. The molecule has 2 aromatic carbocycles. The molecule has 3 rings (SSSR count). The van der Waals surface area contributed by atoms with Crippen LogP contribution in [0.4, 0.5) is 4.39 Å². The molecule has 102 valence electrons. The van der Waals surface area contributed by atoms with Crippen molar-refractivity contribution in [2.24, 2.45) is 0 Å². The van der Waals surface area contributed by atoms with Gasteiger partial charge in [0.25, 0.3) is 0 Å². The smallest absolute Gasteiger partial charge is 0.132 e. The molecule has 0 amide bonds. The summed E-state index contributed by atoms with van der Waals surface area (Å²) in [4.78, 5) is 5.66. The second-order valence-electron chi connectivity index (χ2n) is 5.22. The molecule has 1 N–H and O–H groups in total. The van der Waals surface area contributed by atoms with Crippen molar-refractivity contribution in [3.05, 3.63) is 77.6 Å². The van der Waals surface area contributed by atoms with Crippen LogP contribution in [0.25, 0.3) is 5.70 Å². The summed E-state index contributed by atoms with van der Waals surface area (Å²) in [5.74, 6) is -0.251. The molecule has 1 aliphatic heterocycles. The van der Waals surface area contributed by atoms with E-state index < -0.39 is 5.60 Å².